The molecule has 3 rings (SSSR count). The number of aryl methyl sites for hydroxylation is 1. The number of para-hydroxylation sites is 1. The summed E-state index contributed by atoms with van der Waals surface area (Å²) >= 11 is 0. The number of amides is 1. The Bertz CT molecular complexity index is 821. The van der Waals surface area contributed by atoms with Crippen LogP contribution in [0.25, 0.3) is 0 Å². The highest BCUT2D eigenvalue weighted by Crippen LogP contribution is 2.13. The Kier molecular flexibility index (Phi) is 4.76. The molecule has 0 unspecified atom stereocenters. The second-order valence-electron chi connectivity index (χ2n) is 5.25. The first-order valence-electron chi connectivity index (χ1n) is 7.55. The van der Waals surface area contributed by atoms with Crippen LogP contribution in [0, 0.1) is 6.92 Å². The second kappa shape index (κ2) is 7.32. The molecule has 1 aromatic carbocycles. The van der Waals surface area contributed by atoms with E-state index in [1.807, 2.05) is 49.4 Å². The summed E-state index contributed by atoms with van der Waals surface area (Å²) in [5, 5.41) is 5.95. The maximum atomic E-state index is 12.3. The van der Waals surface area contributed by atoms with E-state index in [1.165, 1.54) is 0 Å². The Labute approximate surface area is 140 Å². The minimum absolute atomic E-state index is 0.242. The monoisotopic (exact) mass is 319 g/mol. The topological polar surface area (TPSA) is 79.8 Å². The number of rotatable bonds is 5. The summed E-state index contributed by atoms with van der Waals surface area (Å²) in [6.45, 7) is 2.25. The highest BCUT2D eigenvalue weighted by Gasteiger charge is 2.10. The van der Waals surface area contributed by atoms with Crippen molar-refractivity contribution in [3.63, 3.8) is 0 Å². The summed E-state index contributed by atoms with van der Waals surface area (Å²) in [4.78, 5) is 24.9. The molecule has 3 aromatic rings. The molecule has 120 valence electrons. The quantitative estimate of drug-likeness (QED) is 0.756. The van der Waals surface area contributed by atoms with Gasteiger partial charge in [0, 0.05) is 30.3 Å². The van der Waals surface area contributed by atoms with Gasteiger partial charge in [0.2, 0.25) is 5.95 Å². The van der Waals surface area contributed by atoms with E-state index in [0.717, 1.165) is 16.9 Å². The van der Waals surface area contributed by atoms with E-state index in [-0.39, 0.29) is 5.91 Å². The molecule has 6 heteroatoms. The number of carbonyl (C=O) groups is 1. The van der Waals surface area contributed by atoms with E-state index in [0.29, 0.717) is 18.2 Å². The average Bonchev–Trinajstić information content (AvgIpc) is 2.61. The third kappa shape index (κ3) is 4.13. The summed E-state index contributed by atoms with van der Waals surface area (Å²) in [7, 11) is 0. The summed E-state index contributed by atoms with van der Waals surface area (Å²) < 4.78 is 0. The van der Waals surface area contributed by atoms with Crippen molar-refractivity contribution in [1.29, 1.82) is 0 Å². The van der Waals surface area contributed by atoms with Crippen molar-refractivity contribution in [2.45, 2.75) is 13.5 Å². The van der Waals surface area contributed by atoms with Crippen molar-refractivity contribution < 1.29 is 4.79 Å². The van der Waals surface area contributed by atoms with E-state index in [1.54, 1.807) is 18.5 Å². The van der Waals surface area contributed by atoms with Crippen molar-refractivity contribution in [3.8, 4) is 0 Å². The van der Waals surface area contributed by atoms with Gasteiger partial charge >= 0.3 is 0 Å². The summed E-state index contributed by atoms with van der Waals surface area (Å²) in [6, 6.07) is 15.0. The first-order chi connectivity index (χ1) is 11.7. The summed E-state index contributed by atoms with van der Waals surface area (Å²) in [5.74, 6) is 0.156. The fraction of sp³-hybridized carbons (Fsp3) is 0.111. The fourth-order valence-corrected chi connectivity index (χ4v) is 2.16. The van der Waals surface area contributed by atoms with Gasteiger partial charge in [-0.05, 0) is 42.8 Å². The van der Waals surface area contributed by atoms with Gasteiger partial charge in [0.25, 0.3) is 5.91 Å². The van der Waals surface area contributed by atoms with Crippen molar-refractivity contribution in [1.82, 2.24) is 20.3 Å². The molecular formula is C18H17N5O. The zero-order chi connectivity index (χ0) is 16.8. The van der Waals surface area contributed by atoms with Gasteiger partial charge in [-0.1, -0.05) is 18.2 Å². The first kappa shape index (κ1) is 15.6. The van der Waals surface area contributed by atoms with Gasteiger partial charge in [-0.2, -0.15) is 0 Å². The third-order valence-electron chi connectivity index (χ3n) is 3.32. The minimum atomic E-state index is -0.242. The number of carbonyl (C=O) groups excluding carboxylic acids is 1. The Morgan fingerprint density at radius 3 is 2.54 bits per heavy atom. The van der Waals surface area contributed by atoms with Crippen LogP contribution in [0.5, 0.6) is 0 Å². The molecule has 0 saturated carbocycles. The van der Waals surface area contributed by atoms with Crippen molar-refractivity contribution >= 4 is 17.5 Å². The van der Waals surface area contributed by atoms with Crippen LogP contribution >= 0.6 is 0 Å². The molecule has 6 nitrogen and oxygen atoms in total. The zero-order valence-corrected chi connectivity index (χ0v) is 13.2. The molecule has 0 aliphatic rings. The van der Waals surface area contributed by atoms with Crippen LogP contribution in [0.3, 0.4) is 0 Å². The van der Waals surface area contributed by atoms with Crippen LogP contribution in [-0.4, -0.2) is 20.9 Å². The molecule has 0 atom stereocenters. The van der Waals surface area contributed by atoms with Crippen LogP contribution in [0.2, 0.25) is 0 Å². The predicted molar refractivity (Wildman–Crippen MR) is 91.9 cm³/mol. The largest absolute Gasteiger partial charge is 0.347 e. The number of nitrogens with zero attached hydrogens (tertiary/aromatic N) is 3. The molecule has 0 saturated heterocycles. The molecule has 0 spiro atoms. The van der Waals surface area contributed by atoms with Gasteiger partial charge in [0.1, 0.15) is 5.69 Å². The minimum Gasteiger partial charge on any atom is -0.347 e. The van der Waals surface area contributed by atoms with Crippen LogP contribution in [0.1, 0.15) is 21.7 Å². The van der Waals surface area contributed by atoms with Gasteiger partial charge in [-0.3, -0.25) is 9.78 Å². The fourth-order valence-electron chi connectivity index (χ4n) is 2.16. The van der Waals surface area contributed by atoms with Crippen molar-refractivity contribution in [2.24, 2.45) is 0 Å². The van der Waals surface area contributed by atoms with Gasteiger partial charge < -0.3 is 10.6 Å². The zero-order valence-electron chi connectivity index (χ0n) is 13.2. The second-order valence-corrected chi connectivity index (χ2v) is 5.25. The van der Waals surface area contributed by atoms with E-state index < -0.39 is 0 Å². The van der Waals surface area contributed by atoms with Gasteiger partial charge in [0.15, 0.2) is 0 Å². The molecule has 0 radical (unpaired) electrons. The number of pyridine rings is 1. The number of nitrogens with one attached hydrogen (secondary N) is 2. The number of anilines is 2. The molecule has 2 N–H and O–H groups in total. The van der Waals surface area contributed by atoms with E-state index >= 15 is 0 Å². The first-order valence-corrected chi connectivity index (χ1v) is 7.55. The highest BCUT2D eigenvalue weighted by molar-refractivity contribution is 5.92. The third-order valence-corrected chi connectivity index (χ3v) is 3.32. The molecule has 2 aromatic heterocycles. The van der Waals surface area contributed by atoms with Crippen LogP contribution < -0.4 is 10.6 Å². The number of benzene rings is 1. The van der Waals surface area contributed by atoms with Crippen LogP contribution in [0.15, 0.2) is 60.9 Å². The van der Waals surface area contributed by atoms with Gasteiger partial charge in [0.05, 0.1) is 0 Å². The number of aromatic nitrogens is 3. The lowest BCUT2D eigenvalue weighted by Gasteiger charge is -2.09. The van der Waals surface area contributed by atoms with E-state index in [4.69, 9.17) is 0 Å². The Balaban J connectivity index is 1.72. The maximum Gasteiger partial charge on any atom is 0.270 e. The summed E-state index contributed by atoms with van der Waals surface area (Å²) in [5.41, 5.74) is 2.89. The molecule has 0 fully saturated rings. The van der Waals surface area contributed by atoms with Crippen LogP contribution in [0.4, 0.5) is 11.6 Å². The Hall–Kier alpha value is -3.28. The lowest BCUT2D eigenvalue weighted by atomic mass is 10.2. The maximum absolute atomic E-state index is 12.3. The smallest absolute Gasteiger partial charge is 0.270 e. The Morgan fingerprint density at radius 2 is 1.79 bits per heavy atom. The normalized spacial score (nSPS) is 10.2. The lowest BCUT2D eigenvalue weighted by molar-refractivity contribution is 0.0945. The summed E-state index contributed by atoms with van der Waals surface area (Å²) in [6.07, 6.45) is 3.39. The van der Waals surface area contributed by atoms with E-state index in [9.17, 15) is 4.79 Å². The molecule has 0 aliphatic carbocycles. The number of hydrogen-bond acceptors (Lipinski definition) is 5. The molecule has 24 heavy (non-hydrogen) atoms. The van der Waals surface area contributed by atoms with Gasteiger partial charge in [-0.25, -0.2) is 9.97 Å². The van der Waals surface area contributed by atoms with Crippen LogP contribution in [-0.2, 0) is 6.54 Å². The molecule has 0 aliphatic heterocycles. The Morgan fingerprint density at radius 1 is 1.04 bits per heavy atom. The predicted octanol–water partition coefficient (Wildman–Crippen LogP) is 2.85. The SMILES string of the molecule is Cc1cc(C(=O)NCc2ccncc2)nc(Nc2ccccc2)n1. The molecule has 1 amide bonds. The number of hydrogen-bond donors (Lipinski definition) is 2. The van der Waals surface area contributed by atoms with E-state index in [2.05, 4.69) is 25.6 Å². The molecule has 0 bridgehead atoms. The van der Waals surface area contributed by atoms with Gasteiger partial charge in [-0.15, -0.1) is 0 Å². The molecular weight excluding hydrogens is 302 g/mol. The van der Waals surface area contributed by atoms with Crippen molar-refractivity contribution in [3.05, 3.63) is 77.9 Å². The highest BCUT2D eigenvalue weighted by atomic mass is 16.1. The lowest BCUT2D eigenvalue weighted by Crippen LogP contribution is -2.24. The van der Waals surface area contributed by atoms with Crippen molar-refractivity contribution in [2.75, 3.05) is 5.32 Å². The standard InChI is InChI=1S/C18H17N5O/c1-13-11-16(17(24)20-12-14-7-9-19-10-8-14)23-18(21-13)22-15-5-3-2-4-6-15/h2-11H,12H2,1H3,(H,20,24)(H,21,22,23). The molecule has 2 heterocycles. The average molecular weight is 319 g/mol.